The number of furan rings is 1. The fourth-order valence-electron chi connectivity index (χ4n) is 3.53. The molecule has 3 unspecified atom stereocenters. The van der Waals surface area contributed by atoms with Gasteiger partial charge in [-0.15, -0.1) is 0 Å². The van der Waals surface area contributed by atoms with Crippen LogP contribution in [0.5, 0.6) is 0 Å². The Balaban J connectivity index is 1.54. The van der Waals surface area contributed by atoms with Crippen molar-refractivity contribution in [2.75, 3.05) is 18.4 Å². The average Bonchev–Trinajstić information content (AvgIpc) is 3.29. The third-order valence-electron chi connectivity index (χ3n) is 4.81. The number of halogens is 3. The molecule has 2 amide bonds. The number of hydrogen-bond donors (Lipinski definition) is 2. The van der Waals surface area contributed by atoms with Crippen molar-refractivity contribution < 1.29 is 27.2 Å². The summed E-state index contributed by atoms with van der Waals surface area (Å²) in [6, 6.07) is 1.31. The van der Waals surface area contributed by atoms with Gasteiger partial charge in [-0.25, -0.2) is 4.98 Å². The van der Waals surface area contributed by atoms with Crippen LogP contribution in [0.15, 0.2) is 22.9 Å². The Morgan fingerprint density at radius 2 is 2.15 bits per heavy atom. The molecule has 26 heavy (non-hydrogen) atoms. The van der Waals surface area contributed by atoms with Gasteiger partial charge in [0.15, 0.2) is 5.58 Å². The highest BCUT2D eigenvalue weighted by Crippen LogP contribution is 2.32. The molecule has 0 aliphatic carbocycles. The standard InChI is InChI=1S/C16H15F3N4O3/c17-16(18,19)15(25)21-11-7-26-12-5-20-10(4-9(11)12)14(24)22-13-3-8-1-2-23(13)6-8/h4-5,7-8,13H,1-3,6H2,(H,21,25)(H,22,24). The average molecular weight is 368 g/mol. The highest BCUT2D eigenvalue weighted by Gasteiger charge is 2.39. The largest absolute Gasteiger partial charge is 0.471 e. The molecule has 4 rings (SSSR count). The molecule has 138 valence electrons. The van der Waals surface area contributed by atoms with Crippen LogP contribution >= 0.6 is 0 Å². The lowest BCUT2D eigenvalue weighted by Crippen LogP contribution is -2.45. The first-order chi connectivity index (χ1) is 12.3. The lowest BCUT2D eigenvalue weighted by molar-refractivity contribution is -0.167. The number of alkyl halides is 3. The topological polar surface area (TPSA) is 87.5 Å². The molecule has 0 saturated carbocycles. The van der Waals surface area contributed by atoms with E-state index < -0.39 is 18.0 Å². The van der Waals surface area contributed by atoms with Gasteiger partial charge in [-0.05, 0) is 24.8 Å². The molecule has 2 saturated heterocycles. The fourth-order valence-corrected chi connectivity index (χ4v) is 3.53. The Labute approximate surface area is 145 Å². The van der Waals surface area contributed by atoms with Crippen molar-refractivity contribution in [3.63, 3.8) is 0 Å². The number of anilines is 1. The van der Waals surface area contributed by atoms with Crippen molar-refractivity contribution in [3.05, 3.63) is 24.2 Å². The van der Waals surface area contributed by atoms with Crippen molar-refractivity contribution in [3.8, 4) is 0 Å². The highest BCUT2D eigenvalue weighted by molar-refractivity contribution is 6.04. The second-order valence-electron chi connectivity index (χ2n) is 6.54. The Kier molecular flexibility index (Phi) is 3.87. The highest BCUT2D eigenvalue weighted by atomic mass is 19.4. The zero-order valence-corrected chi connectivity index (χ0v) is 13.5. The number of fused-ring (bicyclic) bond motifs is 3. The summed E-state index contributed by atoms with van der Waals surface area (Å²) in [5.74, 6) is -1.94. The van der Waals surface area contributed by atoms with Crippen LogP contribution in [0, 0.1) is 5.92 Å². The summed E-state index contributed by atoms with van der Waals surface area (Å²) in [7, 11) is 0. The Bertz CT molecular complexity index is 879. The molecule has 2 N–H and O–H groups in total. The van der Waals surface area contributed by atoms with Gasteiger partial charge in [-0.1, -0.05) is 0 Å². The molecule has 2 fully saturated rings. The summed E-state index contributed by atoms with van der Waals surface area (Å²) >= 11 is 0. The molecule has 2 aliphatic rings. The van der Waals surface area contributed by atoms with Gasteiger partial charge in [0, 0.05) is 18.5 Å². The first-order valence-corrected chi connectivity index (χ1v) is 8.11. The van der Waals surface area contributed by atoms with Gasteiger partial charge in [0.05, 0.1) is 18.1 Å². The van der Waals surface area contributed by atoms with Crippen LogP contribution in [0.3, 0.4) is 0 Å². The molecule has 2 aromatic heterocycles. The van der Waals surface area contributed by atoms with Gasteiger partial charge >= 0.3 is 12.1 Å². The van der Waals surface area contributed by atoms with Crippen molar-refractivity contribution in [1.29, 1.82) is 0 Å². The molecular formula is C16H15F3N4O3. The van der Waals surface area contributed by atoms with Crippen molar-refractivity contribution >= 4 is 28.5 Å². The summed E-state index contributed by atoms with van der Waals surface area (Å²) < 4.78 is 42.4. The van der Waals surface area contributed by atoms with E-state index >= 15 is 0 Å². The van der Waals surface area contributed by atoms with E-state index in [1.54, 1.807) is 5.32 Å². The zero-order valence-electron chi connectivity index (χ0n) is 13.5. The van der Waals surface area contributed by atoms with Crippen LogP contribution in [-0.2, 0) is 4.79 Å². The van der Waals surface area contributed by atoms with Crippen molar-refractivity contribution in [2.24, 2.45) is 5.92 Å². The van der Waals surface area contributed by atoms with E-state index in [1.807, 2.05) is 0 Å². The number of amides is 2. The molecule has 10 heteroatoms. The minimum atomic E-state index is -5.02. The van der Waals surface area contributed by atoms with Crippen LogP contribution in [0.25, 0.3) is 11.0 Å². The Hall–Kier alpha value is -2.62. The molecular weight excluding hydrogens is 353 g/mol. The van der Waals surface area contributed by atoms with E-state index in [0.717, 1.165) is 32.2 Å². The normalized spacial score (nSPS) is 24.8. The van der Waals surface area contributed by atoms with E-state index in [2.05, 4.69) is 15.2 Å². The maximum absolute atomic E-state index is 12.4. The first-order valence-electron chi connectivity index (χ1n) is 8.11. The van der Waals surface area contributed by atoms with E-state index in [-0.39, 0.29) is 28.5 Å². The number of aromatic nitrogens is 1. The SMILES string of the molecule is O=C(NC1CC2CCN1C2)c1cc2c(NC(=O)C(F)(F)F)coc2cn1. The maximum Gasteiger partial charge on any atom is 0.471 e. The fraction of sp³-hybridized carbons (Fsp3) is 0.438. The Morgan fingerprint density at radius 1 is 1.35 bits per heavy atom. The molecule has 3 atom stereocenters. The molecule has 2 aliphatic heterocycles. The molecule has 4 heterocycles. The van der Waals surface area contributed by atoms with Gasteiger partial charge in [0.25, 0.3) is 5.91 Å². The number of nitrogens with one attached hydrogen (secondary N) is 2. The third-order valence-corrected chi connectivity index (χ3v) is 4.81. The number of carbonyl (C=O) groups excluding carboxylic acids is 2. The minimum Gasteiger partial charge on any atom is -0.460 e. The number of pyridine rings is 1. The second kappa shape index (κ2) is 5.97. The number of carbonyl (C=O) groups is 2. The van der Waals surface area contributed by atoms with E-state index in [0.29, 0.717) is 5.92 Å². The van der Waals surface area contributed by atoms with E-state index in [1.165, 1.54) is 12.3 Å². The summed E-state index contributed by atoms with van der Waals surface area (Å²) in [6.45, 7) is 1.91. The molecule has 0 radical (unpaired) electrons. The summed E-state index contributed by atoms with van der Waals surface area (Å²) in [4.78, 5) is 29.7. The number of piperidine rings is 1. The van der Waals surface area contributed by atoms with Crippen molar-refractivity contribution in [2.45, 2.75) is 25.2 Å². The molecule has 0 aromatic carbocycles. The summed E-state index contributed by atoms with van der Waals surface area (Å²) in [5, 5.41) is 4.81. The molecule has 0 spiro atoms. The van der Waals surface area contributed by atoms with Crippen LogP contribution in [0.2, 0.25) is 0 Å². The van der Waals surface area contributed by atoms with Crippen LogP contribution in [-0.4, -0.2) is 47.1 Å². The number of hydrogen-bond acceptors (Lipinski definition) is 5. The van der Waals surface area contributed by atoms with E-state index in [9.17, 15) is 22.8 Å². The summed E-state index contributed by atoms with van der Waals surface area (Å²) in [6.07, 6.45) is -0.825. The van der Waals surface area contributed by atoms with Crippen LogP contribution in [0.1, 0.15) is 23.3 Å². The maximum atomic E-state index is 12.4. The second-order valence-corrected chi connectivity index (χ2v) is 6.54. The van der Waals surface area contributed by atoms with Crippen molar-refractivity contribution in [1.82, 2.24) is 15.2 Å². The lowest BCUT2D eigenvalue weighted by Gasteiger charge is -2.25. The summed E-state index contributed by atoms with van der Waals surface area (Å²) in [5.41, 5.74) is 0.0514. The van der Waals surface area contributed by atoms with Gasteiger partial charge in [-0.3, -0.25) is 14.5 Å². The first kappa shape index (κ1) is 16.8. The predicted molar refractivity (Wildman–Crippen MR) is 84.2 cm³/mol. The number of nitrogens with zero attached hydrogens (tertiary/aromatic N) is 2. The Morgan fingerprint density at radius 3 is 2.81 bits per heavy atom. The smallest absolute Gasteiger partial charge is 0.460 e. The minimum absolute atomic E-state index is 0.0466. The third kappa shape index (κ3) is 3.00. The predicted octanol–water partition coefficient (Wildman–Crippen LogP) is 2.11. The van der Waals surface area contributed by atoms with Gasteiger partial charge in [0.2, 0.25) is 0 Å². The number of rotatable bonds is 3. The van der Waals surface area contributed by atoms with Gasteiger partial charge in [0.1, 0.15) is 12.0 Å². The van der Waals surface area contributed by atoms with Gasteiger partial charge < -0.3 is 15.1 Å². The molecule has 2 bridgehead atoms. The van der Waals surface area contributed by atoms with E-state index in [4.69, 9.17) is 4.42 Å². The quantitative estimate of drug-likeness (QED) is 0.867. The molecule has 2 aromatic rings. The molecule has 7 nitrogen and oxygen atoms in total. The van der Waals surface area contributed by atoms with Crippen LogP contribution in [0.4, 0.5) is 18.9 Å². The lowest BCUT2D eigenvalue weighted by atomic mass is 10.0. The van der Waals surface area contributed by atoms with Gasteiger partial charge in [-0.2, -0.15) is 13.2 Å². The zero-order chi connectivity index (χ0) is 18.5. The monoisotopic (exact) mass is 368 g/mol. The van der Waals surface area contributed by atoms with Crippen LogP contribution < -0.4 is 10.6 Å².